The number of nitrogens with zero attached hydrogens (tertiary/aromatic N) is 4. The number of likely N-dealkylation sites (tertiary alicyclic amines) is 1. The summed E-state index contributed by atoms with van der Waals surface area (Å²) in [7, 11) is 1.46. The van der Waals surface area contributed by atoms with Crippen molar-refractivity contribution in [2.45, 2.75) is 26.2 Å². The Morgan fingerprint density at radius 2 is 2.00 bits per heavy atom. The number of rotatable bonds is 6. The Morgan fingerprint density at radius 3 is 2.59 bits per heavy atom. The van der Waals surface area contributed by atoms with Crippen LogP contribution in [0.3, 0.4) is 0 Å². The molecule has 0 radical (unpaired) electrons. The number of guanidine groups is 1. The highest BCUT2D eigenvalue weighted by Crippen LogP contribution is 2.18. The van der Waals surface area contributed by atoms with Gasteiger partial charge in [-0.1, -0.05) is 12.1 Å². The number of methoxy groups -OCH3 is 1. The van der Waals surface area contributed by atoms with E-state index in [9.17, 15) is 4.79 Å². The number of ether oxygens (including phenoxy) is 1. The summed E-state index contributed by atoms with van der Waals surface area (Å²) in [4.78, 5) is 18.7. The molecule has 1 aliphatic rings. The van der Waals surface area contributed by atoms with Crippen molar-refractivity contribution in [2.75, 3.05) is 33.3 Å². The third kappa shape index (κ3) is 6.45. The van der Waals surface area contributed by atoms with Crippen molar-refractivity contribution < 1.29 is 9.53 Å². The molecule has 2 heterocycles. The summed E-state index contributed by atoms with van der Waals surface area (Å²) >= 11 is 0. The zero-order valence-electron chi connectivity index (χ0n) is 17.1. The molecular weight excluding hydrogens is 481 g/mol. The number of benzene rings is 1. The van der Waals surface area contributed by atoms with Gasteiger partial charge >= 0.3 is 5.97 Å². The number of aliphatic imine (C=N–C) groups is 1. The van der Waals surface area contributed by atoms with Crippen molar-refractivity contribution in [2.24, 2.45) is 10.9 Å². The lowest BCUT2D eigenvalue weighted by atomic mass is 9.97. The van der Waals surface area contributed by atoms with Gasteiger partial charge in [-0.2, -0.15) is 5.10 Å². The predicted octanol–water partition coefficient (Wildman–Crippen LogP) is 2.88. The van der Waals surface area contributed by atoms with Gasteiger partial charge < -0.3 is 15.0 Å². The summed E-state index contributed by atoms with van der Waals surface area (Å²) in [5.41, 5.74) is 2.30. The lowest BCUT2D eigenvalue weighted by molar-refractivity contribution is -0.146. The van der Waals surface area contributed by atoms with E-state index in [0.29, 0.717) is 0 Å². The standard InChI is InChI=1S/C21H29N5O2.HI/c1-3-22-21(25-15-10-18(11-16-25)20(27)28-2)23-13-9-17-5-7-19(8-6-17)26-14-4-12-24-26;/h4-8,12,14,18H,3,9-11,13,15-16H2,1-2H3,(H,22,23);1H. The fourth-order valence-electron chi connectivity index (χ4n) is 3.45. The van der Waals surface area contributed by atoms with Crippen LogP contribution < -0.4 is 5.32 Å². The molecule has 1 N–H and O–H groups in total. The molecule has 1 saturated heterocycles. The summed E-state index contributed by atoms with van der Waals surface area (Å²) < 4.78 is 6.72. The van der Waals surface area contributed by atoms with Crippen molar-refractivity contribution >= 4 is 35.9 Å². The van der Waals surface area contributed by atoms with Crippen LogP contribution in [-0.2, 0) is 16.0 Å². The summed E-state index contributed by atoms with van der Waals surface area (Å²) in [6.07, 6.45) is 6.22. The van der Waals surface area contributed by atoms with Crippen LogP contribution in [-0.4, -0.2) is 59.9 Å². The fraction of sp³-hybridized carbons (Fsp3) is 0.476. The molecule has 0 atom stereocenters. The second-order valence-corrected chi connectivity index (χ2v) is 6.89. The second kappa shape index (κ2) is 11.8. The molecule has 7 nitrogen and oxygen atoms in total. The molecule has 2 aromatic rings. The number of hydrogen-bond donors (Lipinski definition) is 1. The minimum absolute atomic E-state index is 0. The van der Waals surface area contributed by atoms with Crippen molar-refractivity contribution in [3.63, 3.8) is 0 Å². The summed E-state index contributed by atoms with van der Waals surface area (Å²) in [5, 5.41) is 7.62. The Labute approximate surface area is 189 Å². The average Bonchev–Trinajstić information content (AvgIpc) is 3.28. The Kier molecular flexibility index (Phi) is 9.43. The van der Waals surface area contributed by atoms with Crippen LogP contribution in [0.5, 0.6) is 0 Å². The quantitative estimate of drug-likeness (QED) is 0.280. The molecule has 0 amide bonds. The first-order valence-electron chi connectivity index (χ1n) is 9.91. The molecule has 1 fully saturated rings. The van der Waals surface area contributed by atoms with Crippen LogP contribution in [0.4, 0.5) is 0 Å². The lowest BCUT2D eigenvalue weighted by Crippen LogP contribution is -2.46. The second-order valence-electron chi connectivity index (χ2n) is 6.89. The Bertz CT molecular complexity index is 769. The van der Waals surface area contributed by atoms with E-state index in [4.69, 9.17) is 9.73 Å². The molecule has 0 saturated carbocycles. The fourth-order valence-corrected chi connectivity index (χ4v) is 3.45. The number of halogens is 1. The number of nitrogens with one attached hydrogen (secondary N) is 1. The van der Waals surface area contributed by atoms with Gasteiger partial charge in [0, 0.05) is 38.6 Å². The molecule has 0 bridgehead atoms. The highest BCUT2D eigenvalue weighted by Gasteiger charge is 2.26. The van der Waals surface area contributed by atoms with E-state index in [1.54, 1.807) is 6.20 Å². The normalized spacial score (nSPS) is 15.0. The maximum absolute atomic E-state index is 11.7. The highest BCUT2D eigenvalue weighted by atomic mass is 127. The SMILES string of the molecule is CCNC(=NCCc1ccc(-n2cccn2)cc1)N1CCC(C(=O)OC)CC1.I. The van der Waals surface area contributed by atoms with Crippen LogP contribution >= 0.6 is 24.0 Å². The maximum atomic E-state index is 11.7. The number of piperidine rings is 1. The third-order valence-electron chi connectivity index (χ3n) is 5.03. The number of hydrogen-bond acceptors (Lipinski definition) is 4. The molecular formula is C21H30IN5O2. The van der Waals surface area contributed by atoms with E-state index in [1.807, 2.05) is 16.9 Å². The van der Waals surface area contributed by atoms with Crippen LogP contribution in [0.25, 0.3) is 5.69 Å². The zero-order chi connectivity index (χ0) is 19.8. The van der Waals surface area contributed by atoms with Gasteiger partial charge in [0.2, 0.25) is 0 Å². The predicted molar refractivity (Wildman–Crippen MR) is 125 cm³/mol. The van der Waals surface area contributed by atoms with E-state index >= 15 is 0 Å². The number of aromatic nitrogens is 2. The first-order chi connectivity index (χ1) is 13.7. The van der Waals surface area contributed by atoms with Crippen LogP contribution in [0.2, 0.25) is 0 Å². The molecule has 0 aliphatic carbocycles. The minimum Gasteiger partial charge on any atom is -0.469 e. The zero-order valence-corrected chi connectivity index (χ0v) is 19.4. The van der Waals surface area contributed by atoms with Gasteiger partial charge in [-0.05, 0) is 49.9 Å². The molecule has 1 aromatic heterocycles. The van der Waals surface area contributed by atoms with Gasteiger partial charge in [0.25, 0.3) is 0 Å². The van der Waals surface area contributed by atoms with Crippen molar-refractivity contribution in [3.8, 4) is 5.69 Å². The maximum Gasteiger partial charge on any atom is 0.308 e. The Hall–Kier alpha value is -2.10. The van der Waals surface area contributed by atoms with Crippen molar-refractivity contribution in [1.29, 1.82) is 0 Å². The molecule has 0 unspecified atom stereocenters. The number of esters is 1. The highest BCUT2D eigenvalue weighted by molar-refractivity contribution is 14.0. The molecule has 1 aliphatic heterocycles. The van der Waals surface area contributed by atoms with E-state index in [2.05, 4.69) is 46.5 Å². The number of carbonyl (C=O) groups excluding carboxylic acids is 1. The van der Waals surface area contributed by atoms with Crippen LogP contribution in [0.1, 0.15) is 25.3 Å². The third-order valence-corrected chi connectivity index (χ3v) is 5.03. The van der Waals surface area contributed by atoms with E-state index in [-0.39, 0.29) is 35.9 Å². The topological polar surface area (TPSA) is 71.8 Å². The van der Waals surface area contributed by atoms with Crippen molar-refractivity contribution in [3.05, 3.63) is 48.3 Å². The van der Waals surface area contributed by atoms with Crippen LogP contribution in [0.15, 0.2) is 47.7 Å². The minimum atomic E-state index is -0.0971. The molecule has 1 aromatic carbocycles. The smallest absolute Gasteiger partial charge is 0.308 e. The Morgan fingerprint density at radius 1 is 1.28 bits per heavy atom. The van der Waals surface area contributed by atoms with E-state index in [0.717, 1.165) is 57.1 Å². The summed E-state index contributed by atoms with van der Waals surface area (Å²) in [6.45, 7) is 5.27. The van der Waals surface area contributed by atoms with Crippen LogP contribution in [0, 0.1) is 5.92 Å². The van der Waals surface area contributed by atoms with Gasteiger partial charge in [-0.25, -0.2) is 4.68 Å². The average molecular weight is 511 g/mol. The summed E-state index contributed by atoms with van der Waals surface area (Å²) in [6, 6.07) is 10.3. The van der Waals surface area contributed by atoms with Gasteiger partial charge in [-0.3, -0.25) is 9.79 Å². The van der Waals surface area contributed by atoms with E-state index < -0.39 is 0 Å². The first-order valence-corrected chi connectivity index (χ1v) is 9.91. The number of carbonyl (C=O) groups is 1. The summed E-state index contributed by atoms with van der Waals surface area (Å²) in [5.74, 6) is 0.844. The molecule has 29 heavy (non-hydrogen) atoms. The molecule has 0 spiro atoms. The van der Waals surface area contributed by atoms with E-state index in [1.165, 1.54) is 12.7 Å². The van der Waals surface area contributed by atoms with Gasteiger partial charge in [0.15, 0.2) is 5.96 Å². The van der Waals surface area contributed by atoms with Gasteiger partial charge in [0.05, 0.1) is 18.7 Å². The monoisotopic (exact) mass is 511 g/mol. The molecule has 158 valence electrons. The molecule has 3 rings (SSSR count). The van der Waals surface area contributed by atoms with Gasteiger partial charge in [0.1, 0.15) is 0 Å². The Balaban J connectivity index is 0.00000300. The van der Waals surface area contributed by atoms with Gasteiger partial charge in [-0.15, -0.1) is 24.0 Å². The lowest BCUT2D eigenvalue weighted by Gasteiger charge is -2.33. The van der Waals surface area contributed by atoms with Crippen molar-refractivity contribution in [1.82, 2.24) is 20.0 Å². The largest absolute Gasteiger partial charge is 0.469 e. The first kappa shape index (κ1) is 23.2. The molecule has 8 heteroatoms.